The van der Waals surface area contributed by atoms with Gasteiger partial charge in [-0.05, 0) is 36.8 Å². The van der Waals surface area contributed by atoms with Crippen LogP contribution < -0.4 is 10.9 Å². The van der Waals surface area contributed by atoms with Crippen molar-refractivity contribution in [2.45, 2.75) is 30.3 Å². The third-order valence-electron chi connectivity index (χ3n) is 4.61. The van der Waals surface area contributed by atoms with Crippen LogP contribution in [0.2, 0.25) is 0 Å². The molecule has 1 aromatic carbocycles. The van der Waals surface area contributed by atoms with Crippen molar-refractivity contribution in [3.63, 3.8) is 0 Å². The Bertz CT molecular complexity index is 967. The Morgan fingerprint density at radius 2 is 2.12 bits per heavy atom. The molecule has 7 heteroatoms. The summed E-state index contributed by atoms with van der Waals surface area (Å²) in [5.74, 6) is 0.285. The van der Waals surface area contributed by atoms with E-state index in [-0.39, 0.29) is 17.3 Å². The zero-order valence-corrected chi connectivity index (χ0v) is 16.0. The number of thioether (sulfide) groups is 1. The lowest BCUT2D eigenvalue weighted by Crippen LogP contribution is -2.32. The van der Waals surface area contributed by atoms with Crippen molar-refractivity contribution >= 4 is 39.3 Å². The highest BCUT2D eigenvalue weighted by Gasteiger charge is 2.37. The fraction of sp³-hybridized carbons (Fsp3) is 0.278. The molecule has 0 unspecified atom stereocenters. The zero-order valence-electron chi connectivity index (χ0n) is 13.6. The molecule has 2 N–H and O–H groups in total. The fourth-order valence-electron chi connectivity index (χ4n) is 3.56. The van der Waals surface area contributed by atoms with Crippen molar-refractivity contribution in [2.75, 3.05) is 11.6 Å². The van der Waals surface area contributed by atoms with Gasteiger partial charge in [-0.3, -0.25) is 9.59 Å². The van der Waals surface area contributed by atoms with E-state index in [1.165, 1.54) is 11.8 Å². The number of hydrogen-bond acceptors (Lipinski definition) is 5. The van der Waals surface area contributed by atoms with Crippen molar-refractivity contribution in [3.05, 3.63) is 61.5 Å². The number of benzene rings is 1. The number of rotatable bonds is 2. The van der Waals surface area contributed by atoms with Gasteiger partial charge in [0.2, 0.25) is 0 Å². The number of carbonyl (C=O) groups excluding carboxylic acids is 1. The van der Waals surface area contributed by atoms with Gasteiger partial charge in [0.05, 0.1) is 5.56 Å². The second-order valence-corrected chi connectivity index (χ2v) is 7.83. The molecule has 0 spiro atoms. The number of anilines is 1. The van der Waals surface area contributed by atoms with E-state index in [0.717, 1.165) is 28.6 Å². The number of aromatic amines is 1. The lowest BCUT2D eigenvalue weighted by molar-refractivity contribution is -0.116. The Morgan fingerprint density at radius 3 is 2.88 bits per heavy atom. The third-order valence-corrected chi connectivity index (χ3v) is 5.68. The molecule has 25 heavy (non-hydrogen) atoms. The van der Waals surface area contributed by atoms with Crippen LogP contribution in [0.3, 0.4) is 0 Å². The molecule has 0 bridgehead atoms. The van der Waals surface area contributed by atoms with E-state index in [9.17, 15) is 9.59 Å². The minimum absolute atomic E-state index is 0.109. The molecular formula is C18H16BrN3O2S. The fourth-order valence-corrected chi connectivity index (χ4v) is 4.35. The Morgan fingerprint density at radius 1 is 1.28 bits per heavy atom. The number of aromatic nitrogens is 2. The zero-order chi connectivity index (χ0) is 17.6. The highest BCUT2D eigenvalue weighted by atomic mass is 79.9. The Labute approximate surface area is 157 Å². The minimum atomic E-state index is -0.385. The number of halogens is 1. The number of nitrogens with one attached hydrogen (secondary N) is 2. The minimum Gasteiger partial charge on any atom is -0.343 e. The van der Waals surface area contributed by atoms with Gasteiger partial charge in [0, 0.05) is 28.1 Å². The first kappa shape index (κ1) is 16.6. The molecule has 0 saturated heterocycles. The molecule has 128 valence electrons. The van der Waals surface area contributed by atoms with Crippen LogP contribution in [0, 0.1) is 0 Å². The van der Waals surface area contributed by atoms with Crippen LogP contribution in [-0.2, 0) is 4.79 Å². The maximum absolute atomic E-state index is 12.8. The lowest BCUT2D eigenvalue weighted by atomic mass is 9.76. The van der Waals surface area contributed by atoms with Gasteiger partial charge in [-0.25, -0.2) is 4.98 Å². The summed E-state index contributed by atoms with van der Waals surface area (Å²) in [5.41, 5.74) is 2.85. The second-order valence-electron chi connectivity index (χ2n) is 6.12. The van der Waals surface area contributed by atoms with Gasteiger partial charge in [0.15, 0.2) is 10.9 Å². The highest BCUT2D eigenvalue weighted by molar-refractivity contribution is 9.10. The van der Waals surface area contributed by atoms with E-state index in [1.807, 2.05) is 30.5 Å². The third kappa shape index (κ3) is 2.85. The van der Waals surface area contributed by atoms with Gasteiger partial charge in [0.1, 0.15) is 5.82 Å². The van der Waals surface area contributed by atoms with Crippen LogP contribution in [-0.4, -0.2) is 22.0 Å². The Hall–Kier alpha value is -1.86. The molecule has 0 radical (unpaired) electrons. The van der Waals surface area contributed by atoms with Crippen LogP contribution in [0.4, 0.5) is 5.82 Å². The Kier molecular flexibility index (Phi) is 4.29. The number of allylic oxidation sites excluding steroid dienone is 2. The predicted molar refractivity (Wildman–Crippen MR) is 102 cm³/mol. The SMILES string of the molecule is CSc1nc2c(c(=O)[nH]1)[C@H](c1cccc(Br)c1)C1=C(CCCC1=O)N2. The van der Waals surface area contributed by atoms with Gasteiger partial charge < -0.3 is 10.3 Å². The van der Waals surface area contributed by atoms with Crippen LogP contribution in [0.15, 0.2) is 50.0 Å². The van der Waals surface area contributed by atoms with E-state index in [2.05, 4.69) is 31.2 Å². The summed E-state index contributed by atoms with van der Waals surface area (Å²) in [6, 6.07) is 7.78. The molecule has 2 aliphatic rings. The van der Waals surface area contributed by atoms with Gasteiger partial charge in [-0.2, -0.15) is 0 Å². The lowest BCUT2D eigenvalue weighted by Gasteiger charge is -2.32. The normalized spacial score (nSPS) is 19.3. The van der Waals surface area contributed by atoms with Crippen molar-refractivity contribution in [1.82, 2.24) is 9.97 Å². The van der Waals surface area contributed by atoms with E-state index < -0.39 is 0 Å². The topological polar surface area (TPSA) is 74.8 Å². The molecule has 0 amide bonds. The molecule has 0 fully saturated rings. The van der Waals surface area contributed by atoms with Crippen molar-refractivity contribution in [3.8, 4) is 0 Å². The van der Waals surface area contributed by atoms with E-state index in [4.69, 9.17) is 0 Å². The van der Waals surface area contributed by atoms with Gasteiger partial charge in [-0.1, -0.05) is 39.8 Å². The van der Waals surface area contributed by atoms with Crippen LogP contribution in [0.25, 0.3) is 0 Å². The van der Waals surface area contributed by atoms with E-state index in [1.54, 1.807) is 0 Å². The first-order valence-electron chi connectivity index (χ1n) is 8.05. The summed E-state index contributed by atoms with van der Waals surface area (Å²) in [6.45, 7) is 0. The molecule has 1 aliphatic carbocycles. The van der Waals surface area contributed by atoms with Gasteiger partial charge >= 0.3 is 0 Å². The molecule has 1 aliphatic heterocycles. The molecule has 5 nitrogen and oxygen atoms in total. The Balaban J connectivity index is 2.00. The van der Waals surface area contributed by atoms with Crippen LogP contribution in [0.5, 0.6) is 0 Å². The summed E-state index contributed by atoms with van der Waals surface area (Å²) in [5, 5.41) is 3.83. The summed E-state index contributed by atoms with van der Waals surface area (Å²) in [4.78, 5) is 32.9. The molecular weight excluding hydrogens is 402 g/mol. The largest absolute Gasteiger partial charge is 0.343 e. The smallest absolute Gasteiger partial charge is 0.257 e. The van der Waals surface area contributed by atoms with Crippen molar-refractivity contribution in [2.24, 2.45) is 0 Å². The average molecular weight is 418 g/mol. The standard InChI is InChI=1S/C18H16BrN3O2S/c1-25-18-21-16-15(17(24)22-18)13(9-4-2-5-10(19)8-9)14-11(20-16)6-3-7-12(14)23/h2,4-5,8,13H,3,6-7H2,1H3,(H2,20,21,22,24)/t13-/m1/s1. The maximum Gasteiger partial charge on any atom is 0.257 e. The molecule has 4 rings (SSSR count). The second kappa shape index (κ2) is 6.46. The number of hydrogen-bond donors (Lipinski definition) is 2. The summed E-state index contributed by atoms with van der Waals surface area (Å²) < 4.78 is 0.917. The molecule has 0 saturated carbocycles. The summed E-state index contributed by atoms with van der Waals surface area (Å²) in [6.07, 6.45) is 4.01. The van der Waals surface area contributed by atoms with Gasteiger partial charge in [-0.15, -0.1) is 0 Å². The van der Waals surface area contributed by atoms with E-state index >= 15 is 0 Å². The highest BCUT2D eigenvalue weighted by Crippen LogP contribution is 2.43. The number of fused-ring (bicyclic) bond motifs is 1. The van der Waals surface area contributed by atoms with E-state index in [0.29, 0.717) is 28.5 Å². The van der Waals surface area contributed by atoms with Gasteiger partial charge in [0.25, 0.3) is 5.56 Å². The number of ketones is 1. The van der Waals surface area contributed by atoms with Crippen molar-refractivity contribution in [1.29, 1.82) is 0 Å². The molecule has 2 aromatic rings. The van der Waals surface area contributed by atoms with Crippen molar-refractivity contribution < 1.29 is 4.79 Å². The van der Waals surface area contributed by atoms with Crippen LogP contribution >= 0.6 is 27.7 Å². The quantitative estimate of drug-likeness (QED) is 0.573. The summed E-state index contributed by atoms with van der Waals surface area (Å²) >= 11 is 4.88. The maximum atomic E-state index is 12.8. The summed E-state index contributed by atoms with van der Waals surface area (Å²) in [7, 11) is 0. The number of nitrogens with zero attached hydrogens (tertiary/aromatic N) is 1. The predicted octanol–water partition coefficient (Wildman–Crippen LogP) is 3.82. The number of carbonyl (C=O) groups is 1. The monoisotopic (exact) mass is 417 g/mol. The molecule has 1 atom stereocenters. The first-order valence-corrected chi connectivity index (χ1v) is 10.1. The number of H-pyrrole nitrogens is 1. The molecule has 1 aromatic heterocycles. The number of Topliss-reactive ketones (excluding diaryl/α,β-unsaturated/α-hetero) is 1. The van der Waals surface area contributed by atoms with Crippen LogP contribution in [0.1, 0.15) is 36.3 Å². The first-order chi connectivity index (χ1) is 12.1. The molecule has 2 heterocycles. The average Bonchev–Trinajstić information content (AvgIpc) is 2.60.